The Kier molecular flexibility index (Phi) is 4.02. The summed E-state index contributed by atoms with van der Waals surface area (Å²) >= 11 is 5.80. The van der Waals surface area contributed by atoms with Crippen LogP contribution in [0, 0.1) is 0 Å². The molecule has 0 spiro atoms. The summed E-state index contributed by atoms with van der Waals surface area (Å²) < 4.78 is 43.2. The third-order valence-electron chi connectivity index (χ3n) is 3.58. The van der Waals surface area contributed by atoms with Gasteiger partial charge in [-0.25, -0.2) is 4.98 Å². The Hall–Kier alpha value is -2.08. The maximum atomic E-state index is 12.6. The Balaban J connectivity index is 1.88. The Morgan fingerprint density at radius 1 is 1.17 bits per heavy atom. The number of aryl methyl sites for hydroxylation is 1. The van der Waals surface area contributed by atoms with Crippen molar-refractivity contribution in [3.63, 3.8) is 0 Å². The van der Waals surface area contributed by atoms with Gasteiger partial charge in [0.15, 0.2) is 5.78 Å². The molecule has 0 atom stereocenters. The zero-order valence-electron chi connectivity index (χ0n) is 11.8. The average molecular weight is 342 g/mol. The topological polar surface area (TPSA) is 39.2 Å². The summed E-state index contributed by atoms with van der Waals surface area (Å²) in [6.45, 7) is 0. The van der Waals surface area contributed by atoms with Gasteiger partial charge in [0.1, 0.15) is 10.8 Å². The lowest BCUT2D eigenvalue weighted by Gasteiger charge is -2.16. The van der Waals surface area contributed by atoms with Gasteiger partial charge in [0, 0.05) is 18.2 Å². The number of fused-ring (bicyclic) bond motifs is 1. The van der Waals surface area contributed by atoms with Crippen LogP contribution in [-0.4, -0.2) is 10.8 Å². The zero-order valence-corrected chi connectivity index (χ0v) is 12.5. The Bertz CT molecular complexity index is 774. The highest BCUT2D eigenvalue weighted by atomic mass is 35.5. The number of benzene rings is 1. The molecule has 1 aromatic heterocycles. The first-order chi connectivity index (χ1) is 10.8. The van der Waals surface area contributed by atoms with Gasteiger partial charge in [0.2, 0.25) is 5.88 Å². The molecule has 0 fully saturated rings. The number of hydrogen-bond acceptors (Lipinski definition) is 3. The van der Waals surface area contributed by atoms with Gasteiger partial charge in [0.05, 0.1) is 5.56 Å². The third-order valence-corrected chi connectivity index (χ3v) is 3.85. The fourth-order valence-corrected chi connectivity index (χ4v) is 2.64. The number of alkyl halides is 3. The largest absolute Gasteiger partial charge is 0.438 e. The van der Waals surface area contributed by atoms with E-state index in [1.807, 2.05) is 0 Å². The van der Waals surface area contributed by atoms with Crippen LogP contribution in [0.15, 0.2) is 30.5 Å². The van der Waals surface area contributed by atoms with Gasteiger partial charge in [-0.3, -0.25) is 4.79 Å². The normalized spacial score (nSPS) is 14.5. The van der Waals surface area contributed by atoms with Crippen molar-refractivity contribution in [2.45, 2.75) is 25.4 Å². The summed E-state index contributed by atoms with van der Waals surface area (Å²) in [5.74, 6) is 0.208. The molecule has 3 nitrogen and oxygen atoms in total. The van der Waals surface area contributed by atoms with Crippen molar-refractivity contribution in [2.75, 3.05) is 0 Å². The van der Waals surface area contributed by atoms with E-state index < -0.39 is 11.7 Å². The van der Waals surface area contributed by atoms with Crippen molar-refractivity contribution in [3.05, 3.63) is 52.2 Å². The van der Waals surface area contributed by atoms with Crippen LogP contribution in [0.1, 0.15) is 34.3 Å². The minimum absolute atomic E-state index is 0.0307. The molecule has 0 aliphatic heterocycles. The summed E-state index contributed by atoms with van der Waals surface area (Å²) in [5, 5.41) is -0.246. The summed E-state index contributed by atoms with van der Waals surface area (Å²) in [6.07, 6.45) is -1.74. The molecule has 0 radical (unpaired) electrons. The second-order valence-corrected chi connectivity index (χ2v) is 5.61. The quantitative estimate of drug-likeness (QED) is 0.766. The van der Waals surface area contributed by atoms with Crippen molar-refractivity contribution < 1.29 is 22.7 Å². The van der Waals surface area contributed by atoms with E-state index in [0.717, 1.165) is 24.5 Å². The van der Waals surface area contributed by atoms with Gasteiger partial charge >= 0.3 is 6.18 Å². The predicted molar refractivity (Wildman–Crippen MR) is 78.0 cm³/mol. The number of halogens is 4. The lowest BCUT2D eigenvalue weighted by Crippen LogP contribution is -2.10. The van der Waals surface area contributed by atoms with E-state index in [9.17, 15) is 18.0 Å². The van der Waals surface area contributed by atoms with Crippen LogP contribution in [0.5, 0.6) is 11.6 Å². The molecule has 0 bridgehead atoms. The van der Waals surface area contributed by atoms with Crippen molar-refractivity contribution >= 4 is 17.4 Å². The number of ketones is 1. The SMILES string of the molecule is O=C1CCCc2ccc(Oc3ncc(C(F)(F)F)cc3Cl)cc21. The number of nitrogens with zero attached hydrogens (tertiary/aromatic N) is 1. The maximum absolute atomic E-state index is 12.6. The van der Waals surface area contributed by atoms with Crippen molar-refractivity contribution in [1.29, 1.82) is 0 Å². The molecule has 3 rings (SSSR count). The van der Waals surface area contributed by atoms with Crippen LogP contribution < -0.4 is 4.74 Å². The van der Waals surface area contributed by atoms with Gasteiger partial charge in [-0.15, -0.1) is 0 Å². The fraction of sp³-hybridized carbons (Fsp3) is 0.250. The highest BCUT2D eigenvalue weighted by Crippen LogP contribution is 2.35. The Labute approximate surface area is 135 Å². The monoisotopic (exact) mass is 341 g/mol. The lowest BCUT2D eigenvalue weighted by molar-refractivity contribution is -0.137. The standard InChI is InChI=1S/C16H11ClF3NO2/c17-13-6-10(16(18,19)20)8-21-15(13)23-11-5-4-9-2-1-3-14(22)12(9)7-11/h4-8H,1-3H2. The first kappa shape index (κ1) is 15.8. The summed E-state index contributed by atoms with van der Waals surface area (Å²) in [5.41, 5.74) is 0.576. The number of carbonyl (C=O) groups is 1. The Morgan fingerprint density at radius 3 is 2.65 bits per heavy atom. The minimum atomic E-state index is -4.52. The van der Waals surface area contributed by atoms with Crippen molar-refractivity contribution in [1.82, 2.24) is 4.98 Å². The van der Waals surface area contributed by atoms with Gasteiger partial charge in [-0.1, -0.05) is 17.7 Å². The number of carbonyl (C=O) groups excluding carboxylic acids is 1. The summed E-state index contributed by atoms with van der Waals surface area (Å²) in [7, 11) is 0. The van der Waals surface area contributed by atoms with E-state index in [-0.39, 0.29) is 16.7 Å². The first-order valence-electron chi connectivity index (χ1n) is 6.91. The van der Waals surface area contributed by atoms with E-state index in [1.165, 1.54) is 0 Å². The molecule has 23 heavy (non-hydrogen) atoms. The predicted octanol–water partition coefficient (Wildman–Crippen LogP) is 5.07. The fourth-order valence-electron chi connectivity index (χ4n) is 2.44. The van der Waals surface area contributed by atoms with Crippen molar-refractivity contribution in [2.24, 2.45) is 0 Å². The van der Waals surface area contributed by atoms with E-state index >= 15 is 0 Å². The van der Waals surface area contributed by atoms with E-state index in [1.54, 1.807) is 18.2 Å². The second-order valence-electron chi connectivity index (χ2n) is 5.21. The molecule has 0 amide bonds. The number of Topliss-reactive ketones (excluding diaryl/α,β-unsaturated/α-hetero) is 1. The lowest BCUT2D eigenvalue weighted by atomic mass is 9.90. The van der Waals surface area contributed by atoms with Gasteiger partial charge in [-0.2, -0.15) is 13.2 Å². The second kappa shape index (κ2) is 5.85. The molecule has 7 heteroatoms. The molecule has 120 valence electrons. The van der Waals surface area contributed by atoms with Crippen LogP contribution in [0.2, 0.25) is 5.02 Å². The van der Waals surface area contributed by atoms with Crippen LogP contribution >= 0.6 is 11.6 Å². The molecule has 0 N–H and O–H groups in total. The highest BCUT2D eigenvalue weighted by Gasteiger charge is 2.31. The number of rotatable bonds is 2. The molecule has 0 unspecified atom stereocenters. The number of aromatic nitrogens is 1. The number of pyridine rings is 1. The molecule has 1 heterocycles. The smallest absolute Gasteiger partial charge is 0.417 e. The first-order valence-corrected chi connectivity index (χ1v) is 7.29. The van der Waals surface area contributed by atoms with Crippen molar-refractivity contribution in [3.8, 4) is 11.6 Å². The van der Waals surface area contributed by atoms with Gasteiger partial charge < -0.3 is 4.74 Å². The molecule has 1 aliphatic carbocycles. The molecular weight excluding hydrogens is 331 g/mol. The van der Waals surface area contributed by atoms with Crippen LogP contribution in [-0.2, 0) is 12.6 Å². The van der Waals surface area contributed by atoms with E-state index in [0.29, 0.717) is 23.9 Å². The summed E-state index contributed by atoms with van der Waals surface area (Å²) in [4.78, 5) is 15.5. The number of ether oxygens (including phenoxy) is 1. The van der Waals surface area contributed by atoms with Crippen LogP contribution in [0.25, 0.3) is 0 Å². The zero-order chi connectivity index (χ0) is 16.6. The third kappa shape index (κ3) is 3.32. The van der Waals surface area contributed by atoms with Crippen LogP contribution in [0.3, 0.4) is 0 Å². The maximum Gasteiger partial charge on any atom is 0.417 e. The number of hydrogen-bond donors (Lipinski definition) is 0. The van der Waals surface area contributed by atoms with E-state index in [2.05, 4.69) is 4.98 Å². The summed E-state index contributed by atoms with van der Waals surface area (Å²) in [6, 6.07) is 5.76. The van der Waals surface area contributed by atoms with Crippen LogP contribution in [0.4, 0.5) is 13.2 Å². The molecule has 0 saturated heterocycles. The van der Waals surface area contributed by atoms with E-state index in [4.69, 9.17) is 16.3 Å². The van der Waals surface area contributed by atoms with Gasteiger partial charge in [0.25, 0.3) is 0 Å². The molecule has 0 saturated carbocycles. The molecule has 1 aromatic carbocycles. The molecule has 1 aliphatic rings. The highest BCUT2D eigenvalue weighted by molar-refractivity contribution is 6.31. The average Bonchev–Trinajstić information content (AvgIpc) is 2.49. The van der Waals surface area contributed by atoms with Gasteiger partial charge in [-0.05, 0) is 36.6 Å². The Morgan fingerprint density at radius 2 is 1.96 bits per heavy atom. The minimum Gasteiger partial charge on any atom is -0.438 e. The molecule has 2 aromatic rings. The molecular formula is C16H11ClF3NO2.